The summed E-state index contributed by atoms with van der Waals surface area (Å²) in [5.41, 5.74) is 5.99. The minimum Gasteiger partial charge on any atom is -0.339 e. The van der Waals surface area contributed by atoms with Crippen molar-refractivity contribution in [1.82, 2.24) is 10.1 Å². The molecule has 0 aliphatic heterocycles. The molecule has 1 heterocycles. The fraction of sp³-hybridized carbons (Fsp3) is 0.867. The van der Waals surface area contributed by atoms with Crippen LogP contribution in [0.3, 0.4) is 0 Å². The highest BCUT2D eigenvalue weighted by Gasteiger charge is 2.36. The molecule has 1 aliphatic rings. The molecule has 4 nitrogen and oxygen atoms in total. The van der Waals surface area contributed by atoms with Gasteiger partial charge in [-0.25, -0.2) is 0 Å². The van der Waals surface area contributed by atoms with Gasteiger partial charge in [-0.3, -0.25) is 0 Å². The molecular weight excluding hydrogens is 238 g/mol. The van der Waals surface area contributed by atoms with Crippen LogP contribution in [0.2, 0.25) is 0 Å². The molecule has 2 rings (SSSR count). The molecule has 1 aromatic heterocycles. The van der Waals surface area contributed by atoms with E-state index < -0.39 is 0 Å². The van der Waals surface area contributed by atoms with Gasteiger partial charge in [0, 0.05) is 13.0 Å². The van der Waals surface area contributed by atoms with Crippen LogP contribution in [0, 0.1) is 5.92 Å². The third-order valence-corrected chi connectivity index (χ3v) is 4.32. The van der Waals surface area contributed by atoms with Crippen LogP contribution in [0.1, 0.15) is 70.5 Å². The Labute approximate surface area is 116 Å². The molecule has 1 saturated carbocycles. The summed E-state index contributed by atoms with van der Waals surface area (Å²) in [4.78, 5) is 4.63. The van der Waals surface area contributed by atoms with Crippen molar-refractivity contribution < 1.29 is 4.52 Å². The Balaban J connectivity index is 2.09. The van der Waals surface area contributed by atoms with E-state index in [2.05, 4.69) is 24.0 Å². The quantitative estimate of drug-likeness (QED) is 0.830. The van der Waals surface area contributed by atoms with Gasteiger partial charge in [0.25, 0.3) is 0 Å². The molecule has 2 N–H and O–H groups in total. The molecule has 0 atom stereocenters. The average molecular weight is 265 g/mol. The van der Waals surface area contributed by atoms with Gasteiger partial charge in [0.1, 0.15) is 0 Å². The first-order chi connectivity index (χ1) is 9.16. The summed E-state index contributed by atoms with van der Waals surface area (Å²) in [6.45, 7) is 5.06. The SMILES string of the molecule is CC(C)CCc1noc(C2(CN)CCCCCC2)n1. The Morgan fingerprint density at radius 3 is 2.47 bits per heavy atom. The van der Waals surface area contributed by atoms with Crippen molar-refractivity contribution in [3.8, 4) is 0 Å². The number of aryl methyl sites for hydroxylation is 1. The van der Waals surface area contributed by atoms with E-state index in [1.165, 1.54) is 25.7 Å². The van der Waals surface area contributed by atoms with E-state index in [0.717, 1.165) is 37.4 Å². The van der Waals surface area contributed by atoms with Crippen LogP contribution in [-0.2, 0) is 11.8 Å². The number of rotatable bonds is 5. The molecule has 108 valence electrons. The third-order valence-electron chi connectivity index (χ3n) is 4.32. The lowest BCUT2D eigenvalue weighted by Gasteiger charge is -2.26. The zero-order chi connectivity index (χ0) is 13.7. The Kier molecular flexibility index (Phi) is 4.97. The Bertz CT molecular complexity index is 378. The van der Waals surface area contributed by atoms with Gasteiger partial charge >= 0.3 is 0 Å². The molecule has 0 aromatic carbocycles. The normalized spacial score (nSPS) is 19.6. The summed E-state index contributed by atoms with van der Waals surface area (Å²) in [6.07, 6.45) is 9.25. The Hall–Kier alpha value is -0.900. The van der Waals surface area contributed by atoms with E-state index in [1.54, 1.807) is 0 Å². The maximum Gasteiger partial charge on any atom is 0.234 e. The summed E-state index contributed by atoms with van der Waals surface area (Å²) in [6, 6.07) is 0. The second-order valence-corrected chi connectivity index (χ2v) is 6.35. The molecule has 0 saturated heterocycles. The van der Waals surface area contributed by atoms with E-state index in [9.17, 15) is 0 Å². The highest BCUT2D eigenvalue weighted by atomic mass is 16.5. The molecule has 19 heavy (non-hydrogen) atoms. The summed E-state index contributed by atoms with van der Waals surface area (Å²) >= 11 is 0. The van der Waals surface area contributed by atoms with Crippen molar-refractivity contribution in [2.24, 2.45) is 11.7 Å². The topological polar surface area (TPSA) is 64.9 Å². The lowest BCUT2D eigenvalue weighted by molar-refractivity contribution is 0.256. The first-order valence-corrected chi connectivity index (χ1v) is 7.69. The molecule has 0 amide bonds. The van der Waals surface area contributed by atoms with Crippen LogP contribution in [0.25, 0.3) is 0 Å². The molecule has 1 aliphatic carbocycles. The smallest absolute Gasteiger partial charge is 0.234 e. The number of hydrogen-bond donors (Lipinski definition) is 1. The van der Waals surface area contributed by atoms with Gasteiger partial charge in [-0.05, 0) is 25.2 Å². The fourth-order valence-electron chi connectivity index (χ4n) is 2.90. The van der Waals surface area contributed by atoms with Crippen molar-refractivity contribution in [3.63, 3.8) is 0 Å². The van der Waals surface area contributed by atoms with Crippen molar-refractivity contribution >= 4 is 0 Å². The van der Waals surface area contributed by atoms with Gasteiger partial charge in [0.2, 0.25) is 5.89 Å². The summed E-state index contributed by atoms with van der Waals surface area (Å²) in [5.74, 6) is 2.31. The first-order valence-electron chi connectivity index (χ1n) is 7.69. The molecule has 0 unspecified atom stereocenters. The highest BCUT2D eigenvalue weighted by Crippen LogP contribution is 2.36. The van der Waals surface area contributed by atoms with E-state index in [4.69, 9.17) is 10.3 Å². The van der Waals surface area contributed by atoms with Gasteiger partial charge in [-0.1, -0.05) is 44.7 Å². The Morgan fingerprint density at radius 2 is 1.89 bits per heavy atom. The van der Waals surface area contributed by atoms with E-state index >= 15 is 0 Å². The zero-order valence-electron chi connectivity index (χ0n) is 12.3. The predicted molar refractivity (Wildman–Crippen MR) is 75.9 cm³/mol. The van der Waals surface area contributed by atoms with Crippen LogP contribution in [0.4, 0.5) is 0 Å². The van der Waals surface area contributed by atoms with Crippen LogP contribution < -0.4 is 5.73 Å². The van der Waals surface area contributed by atoms with Gasteiger partial charge in [0.05, 0.1) is 5.41 Å². The number of nitrogens with zero attached hydrogens (tertiary/aromatic N) is 2. The van der Waals surface area contributed by atoms with Gasteiger partial charge < -0.3 is 10.3 Å². The third kappa shape index (κ3) is 3.56. The van der Waals surface area contributed by atoms with Gasteiger partial charge in [-0.2, -0.15) is 4.98 Å². The lowest BCUT2D eigenvalue weighted by atomic mass is 9.80. The molecule has 1 fully saturated rings. The first kappa shape index (κ1) is 14.5. The molecular formula is C15H27N3O. The number of aromatic nitrogens is 2. The van der Waals surface area contributed by atoms with Gasteiger partial charge in [0.15, 0.2) is 5.82 Å². The average Bonchev–Trinajstić information content (AvgIpc) is 2.74. The minimum absolute atomic E-state index is 0.0560. The molecule has 0 radical (unpaired) electrons. The minimum atomic E-state index is -0.0560. The summed E-state index contributed by atoms with van der Waals surface area (Å²) < 4.78 is 5.55. The molecule has 4 heteroatoms. The molecule has 0 bridgehead atoms. The largest absolute Gasteiger partial charge is 0.339 e. The predicted octanol–water partition coefficient (Wildman–Crippen LogP) is 3.21. The van der Waals surface area contributed by atoms with Crippen LogP contribution in [-0.4, -0.2) is 16.7 Å². The van der Waals surface area contributed by atoms with Crippen molar-refractivity contribution in [1.29, 1.82) is 0 Å². The molecule has 1 aromatic rings. The Morgan fingerprint density at radius 1 is 1.21 bits per heavy atom. The summed E-state index contributed by atoms with van der Waals surface area (Å²) in [7, 11) is 0. The van der Waals surface area contributed by atoms with Crippen molar-refractivity contribution in [3.05, 3.63) is 11.7 Å². The highest BCUT2D eigenvalue weighted by molar-refractivity contribution is 5.07. The van der Waals surface area contributed by atoms with Crippen LogP contribution in [0.5, 0.6) is 0 Å². The maximum absolute atomic E-state index is 6.04. The fourth-order valence-corrected chi connectivity index (χ4v) is 2.90. The van der Waals surface area contributed by atoms with E-state index in [-0.39, 0.29) is 5.41 Å². The van der Waals surface area contributed by atoms with Crippen molar-refractivity contribution in [2.45, 2.75) is 70.6 Å². The molecule has 0 spiro atoms. The summed E-state index contributed by atoms with van der Waals surface area (Å²) in [5, 5.41) is 4.15. The number of hydrogen-bond acceptors (Lipinski definition) is 4. The second-order valence-electron chi connectivity index (χ2n) is 6.35. The second kappa shape index (κ2) is 6.51. The monoisotopic (exact) mass is 265 g/mol. The standard InChI is InChI=1S/C15H27N3O/c1-12(2)7-8-13-17-14(19-18-13)15(11-16)9-5-3-4-6-10-15/h12H,3-11,16H2,1-2H3. The van der Waals surface area contributed by atoms with Crippen LogP contribution in [0.15, 0.2) is 4.52 Å². The van der Waals surface area contributed by atoms with E-state index in [0.29, 0.717) is 12.5 Å². The van der Waals surface area contributed by atoms with E-state index in [1.807, 2.05) is 0 Å². The zero-order valence-corrected chi connectivity index (χ0v) is 12.3. The van der Waals surface area contributed by atoms with Crippen LogP contribution >= 0.6 is 0 Å². The van der Waals surface area contributed by atoms with Crippen molar-refractivity contribution in [2.75, 3.05) is 6.54 Å². The van der Waals surface area contributed by atoms with Gasteiger partial charge in [-0.15, -0.1) is 0 Å². The number of nitrogens with two attached hydrogens (primary N) is 1. The maximum atomic E-state index is 6.04. The lowest BCUT2D eigenvalue weighted by Crippen LogP contribution is -2.35.